The predicted molar refractivity (Wildman–Crippen MR) is 133 cm³/mol. The molecule has 0 radical (unpaired) electrons. The summed E-state index contributed by atoms with van der Waals surface area (Å²) in [6.45, 7) is 2.80. The van der Waals surface area contributed by atoms with Gasteiger partial charge in [-0.05, 0) is 53.4 Å². The molecule has 7 nitrogen and oxygen atoms in total. The molecule has 35 heavy (non-hydrogen) atoms. The first-order valence-corrected chi connectivity index (χ1v) is 12.5. The SMILES string of the molecule is CCC1(CNC(=O)C(CCC(=O)O)NC(=O)OCC2c3ccccc3-c3ccccc32)CCCC1. The number of fused-ring (bicyclic) bond motifs is 3. The first-order valence-electron chi connectivity index (χ1n) is 12.5. The van der Waals surface area contributed by atoms with Gasteiger partial charge < -0.3 is 20.5 Å². The Morgan fingerprint density at radius 3 is 2.20 bits per heavy atom. The lowest BCUT2D eigenvalue weighted by atomic mass is 9.83. The lowest BCUT2D eigenvalue weighted by Gasteiger charge is -2.29. The van der Waals surface area contributed by atoms with Gasteiger partial charge in [0, 0.05) is 18.9 Å². The summed E-state index contributed by atoms with van der Waals surface area (Å²) in [7, 11) is 0. The quantitative estimate of drug-likeness (QED) is 0.453. The van der Waals surface area contributed by atoms with Crippen LogP contribution in [0.25, 0.3) is 11.1 Å². The van der Waals surface area contributed by atoms with Crippen molar-refractivity contribution in [2.75, 3.05) is 13.2 Å². The number of carbonyl (C=O) groups is 3. The van der Waals surface area contributed by atoms with Crippen LogP contribution < -0.4 is 10.6 Å². The average molecular weight is 479 g/mol. The van der Waals surface area contributed by atoms with Gasteiger partial charge in [0.15, 0.2) is 0 Å². The maximum absolute atomic E-state index is 12.9. The van der Waals surface area contributed by atoms with Gasteiger partial charge in [-0.25, -0.2) is 4.79 Å². The van der Waals surface area contributed by atoms with Crippen molar-refractivity contribution in [3.05, 3.63) is 59.7 Å². The zero-order valence-electron chi connectivity index (χ0n) is 20.2. The fraction of sp³-hybridized carbons (Fsp3) is 0.464. The number of hydrogen-bond donors (Lipinski definition) is 3. The van der Waals surface area contributed by atoms with Crippen molar-refractivity contribution in [2.24, 2.45) is 5.41 Å². The van der Waals surface area contributed by atoms with Gasteiger partial charge in [-0.2, -0.15) is 0 Å². The molecule has 2 aromatic rings. The minimum absolute atomic E-state index is 0.00445. The molecule has 4 rings (SSSR count). The van der Waals surface area contributed by atoms with Crippen LogP contribution in [0.4, 0.5) is 4.79 Å². The molecule has 2 amide bonds. The number of rotatable bonds is 10. The summed E-state index contributed by atoms with van der Waals surface area (Å²) in [5.41, 5.74) is 4.56. The van der Waals surface area contributed by atoms with Gasteiger partial charge in [-0.1, -0.05) is 68.3 Å². The Kier molecular flexibility index (Phi) is 7.73. The van der Waals surface area contributed by atoms with Crippen molar-refractivity contribution in [1.82, 2.24) is 10.6 Å². The van der Waals surface area contributed by atoms with Crippen molar-refractivity contribution in [1.29, 1.82) is 0 Å². The van der Waals surface area contributed by atoms with Crippen molar-refractivity contribution >= 4 is 18.0 Å². The normalized spacial score (nSPS) is 16.7. The molecule has 1 unspecified atom stereocenters. The third-order valence-corrected chi connectivity index (χ3v) is 7.65. The van der Waals surface area contributed by atoms with Gasteiger partial charge >= 0.3 is 12.1 Å². The first-order chi connectivity index (χ1) is 16.9. The van der Waals surface area contributed by atoms with Gasteiger partial charge in [0.25, 0.3) is 0 Å². The van der Waals surface area contributed by atoms with E-state index < -0.39 is 18.1 Å². The summed E-state index contributed by atoms with van der Waals surface area (Å²) in [4.78, 5) is 36.8. The minimum Gasteiger partial charge on any atom is -0.481 e. The smallest absolute Gasteiger partial charge is 0.407 e. The number of benzene rings is 2. The molecular formula is C28H34N2O5. The number of carboxylic acids is 1. The molecule has 1 saturated carbocycles. The molecule has 7 heteroatoms. The zero-order chi connectivity index (χ0) is 24.8. The van der Waals surface area contributed by atoms with Crippen LogP contribution in [0, 0.1) is 5.41 Å². The van der Waals surface area contributed by atoms with Crippen LogP contribution in [0.5, 0.6) is 0 Å². The number of amides is 2. The van der Waals surface area contributed by atoms with E-state index >= 15 is 0 Å². The second-order valence-corrected chi connectivity index (χ2v) is 9.73. The minimum atomic E-state index is -1.02. The van der Waals surface area contributed by atoms with Crippen molar-refractivity contribution in [3.8, 4) is 11.1 Å². The highest BCUT2D eigenvalue weighted by molar-refractivity contribution is 5.86. The number of carboxylic acid groups (broad SMARTS) is 1. The molecule has 1 fully saturated rings. The largest absolute Gasteiger partial charge is 0.481 e. The Balaban J connectivity index is 1.38. The number of aliphatic carboxylic acids is 1. The molecule has 0 saturated heterocycles. The molecule has 0 bridgehead atoms. The highest BCUT2D eigenvalue weighted by Gasteiger charge is 2.34. The van der Waals surface area contributed by atoms with E-state index in [1.165, 1.54) is 0 Å². The van der Waals surface area contributed by atoms with Crippen molar-refractivity contribution in [2.45, 2.75) is 63.8 Å². The maximum atomic E-state index is 12.9. The molecule has 3 N–H and O–H groups in total. The topological polar surface area (TPSA) is 105 Å². The molecule has 0 heterocycles. The summed E-state index contributed by atoms with van der Waals surface area (Å²) in [5.74, 6) is -1.47. The Morgan fingerprint density at radius 1 is 1.03 bits per heavy atom. The van der Waals surface area contributed by atoms with E-state index in [0.29, 0.717) is 6.54 Å². The fourth-order valence-corrected chi connectivity index (χ4v) is 5.50. The third-order valence-electron chi connectivity index (χ3n) is 7.65. The molecule has 186 valence electrons. The second kappa shape index (κ2) is 10.9. The summed E-state index contributed by atoms with van der Waals surface area (Å²) >= 11 is 0. The van der Waals surface area contributed by atoms with E-state index in [-0.39, 0.29) is 36.7 Å². The second-order valence-electron chi connectivity index (χ2n) is 9.73. The molecular weight excluding hydrogens is 444 g/mol. The fourth-order valence-electron chi connectivity index (χ4n) is 5.50. The van der Waals surface area contributed by atoms with E-state index in [1.807, 2.05) is 36.4 Å². The van der Waals surface area contributed by atoms with E-state index in [9.17, 15) is 14.4 Å². The molecule has 2 aliphatic rings. The van der Waals surface area contributed by atoms with E-state index in [2.05, 4.69) is 29.7 Å². The number of nitrogens with one attached hydrogen (secondary N) is 2. The van der Waals surface area contributed by atoms with Crippen LogP contribution in [0.2, 0.25) is 0 Å². The monoisotopic (exact) mass is 478 g/mol. The van der Waals surface area contributed by atoms with Crippen LogP contribution >= 0.6 is 0 Å². The van der Waals surface area contributed by atoms with Crippen molar-refractivity contribution in [3.63, 3.8) is 0 Å². The number of hydrogen-bond acceptors (Lipinski definition) is 4. The highest BCUT2D eigenvalue weighted by atomic mass is 16.5. The lowest BCUT2D eigenvalue weighted by Crippen LogP contribution is -2.49. The van der Waals surface area contributed by atoms with Gasteiger partial charge in [-0.3, -0.25) is 9.59 Å². The van der Waals surface area contributed by atoms with Gasteiger partial charge in [0.1, 0.15) is 12.6 Å². The standard InChI is InChI=1S/C28H34N2O5/c1-2-28(15-7-8-16-28)18-29-26(33)24(13-14-25(31)32)30-27(34)35-17-23-21-11-5-3-9-19(21)20-10-4-6-12-22(20)23/h3-6,9-12,23-24H,2,7-8,13-18H2,1H3,(H,29,33)(H,30,34)(H,31,32). The third kappa shape index (κ3) is 5.66. The van der Waals surface area contributed by atoms with Crippen LogP contribution in [-0.4, -0.2) is 42.3 Å². The van der Waals surface area contributed by atoms with Gasteiger partial charge in [0.2, 0.25) is 5.91 Å². The van der Waals surface area contributed by atoms with Crippen LogP contribution in [-0.2, 0) is 14.3 Å². The Bertz CT molecular complexity index is 1030. The predicted octanol–water partition coefficient (Wildman–Crippen LogP) is 4.85. The summed E-state index contributed by atoms with van der Waals surface area (Å²) in [6.07, 6.45) is 4.50. The first kappa shape index (κ1) is 24.8. The Labute approximate surface area is 206 Å². The zero-order valence-corrected chi connectivity index (χ0v) is 20.2. The van der Waals surface area contributed by atoms with E-state index in [4.69, 9.17) is 9.84 Å². The molecule has 1 atom stereocenters. The van der Waals surface area contributed by atoms with Crippen molar-refractivity contribution < 1.29 is 24.2 Å². The van der Waals surface area contributed by atoms with Crippen LogP contribution in [0.15, 0.2) is 48.5 Å². The number of carbonyl (C=O) groups excluding carboxylic acids is 2. The van der Waals surface area contributed by atoms with E-state index in [1.54, 1.807) is 0 Å². The lowest BCUT2D eigenvalue weighted by molar-refractivity contribution is -0.137. The Morgan fingerprint density at radius 2 is 1.63 bits per heavy atom. The molecule has 0 aliphatic heterocycles. The van der Waals surface area contributed by atoms with Gasteiger partial charge in [-0.15, -0.1) is 0 Å². The Hall–Kier alpha value is -3.35. The number of ether oxygens (including phenoxy) is 1. The van der Waals surface area contributed by atoms with Crippen LogP contribution in [0.3, 0.4) is 0 Å². The molecule has 0 aromatic heterocycles. The van der Waals surface area contributed by atoms with Gasteiger partial charge in [0.05, 0.1) is 0 Å². The summed E-state index contributed by atoms with van der Waals surface area (Å²) < 4.78 is 5.57. The average Bonchev–Trinajstić information content (AvgIpc) is 3.47. The summed E-state index contributed by atoms with van der Waals surface area (Å²) in [6, 6.07) is 15.2. The van der Waals surface area contributed by atoms with Crippen LogP contribution in [0.1, 0.15) is 68.9 Å². The summed E-state index contributed by atoms with van der Waals surface area (Å²) in [5, 5.41) is 14.7. The maximum Gasteiger partial charge on any atom is 0.407 e. The molecule has 0 spiro atoms. The molecule has 2 aromatic carbocycles. The van der Waals surface area contributed by atoms with E-state index in [0.717, 1.165) is 54.4 Å². The molecule has 2 aliphatic carbocycles. The number of alkyl carbamates (subject to hydrolysis) is 1. The highest BCUT2D eigenvalue weighted by Crippen LogP contribution is 2.44.